The first-order chi connectivity index (χ1) is 17.3. The van der Waals surface area contributed by atoms with Crippen LogP contribution in [0.1, 0.15) is 75.5 Å². The summed E-state index contributed by atoms with van der Waals surface area (Å²) in [7, 11) is 0. The number of allylic oxidation sites excluding steroid dienone is 5. The molecule has 36 heavy (non-hydrogen) atoms. The summed E-state index contributed by atoms with van der Waals surface area (Å²) in [6.07, 6.45) is 11.7. The van der Waals surface area contributed by atoms with Gasteiger partial charge in [0.1, 0.15) is 30.5 Å². The van der Waals surface area contributed by atoms with Gasteiger partial charge in [0.2, 0.25) is 0 Å². The quantitative estimate of drug-likeness (QED) is 0.374. The van der Waals surface area contributed by atoms with E-state index in [-0.39, 0.29) is 0 Å². The molecule has 1 aliphatic heterocycles. The maximum absolute atomic E-state index is 10.5. The van der Waals surface area contributed by atoms with Crippen LogP contribution in [0.4, 0.5) is 0 Å². The highest BCUT2D eigenvalue weighted by atomic mass is 35.5. The molecule has 6 heteroatoms. The van der Waals surface area contributed by atoms with Gasteiger partial charge in [-0.1, -0.05) is 67.0 Å². The van der Waals surface area contributed by atoms with E-state index in [0.717, 1.165) is 11.1 Å². The number of benzene rings is 1. The molecular weight excluding hydrogens is 476 g/mol. The van der Waals surface area contributed by atoms with E-state index in [1.807, 2.05) is 12.1 Å². The van der Waals surface area contributed by atoms with Crippen molar-refractivity contribution < 1.29 is 25.2 Å². The Kier molecular flexibility index (Phi) is 9.14. The first-order valence-electron chi connectivity index (χ1n) is 13.4. The van der Waals surface area contributed by atoms with Crippen LogP contribution < -0.4 is 0 Å². The second-order valence-electron chi connectivity index (χ2n) is 11.1. The van der Waals surface area contributed by atoms with Crippen molar-refractivity contribution in [2.75, 3.05) is 6.61 Å². The summed E-state index contributed by atoms with van der Waals surface area (Å²) in [6, 6.07) is 5.33. The van der Waals surface area contributed by atoms with Crippen LogP contribution in [0.2, 0.25) is 5.02 Å². The van der Waals surface area contributed by atoms with Crippen LogP contribution in [-0.2, 0) is 11.2 Å². The fourth-order valence-corrected chi connectivity index (χ4v) is 6.57. The van der Waals surface area contributed by atoms with Crippen LogP contribution in [0.15, 0.2) is 54.2 Å². The first kappa shape index (κ1) is 27.6. The zero-order valence-electron chi connectivity index (χ0n) is 21.3. The Morgan fingerprint density at radius 3 is 2.39 bits per heavy atom. The molecule has 4 rings (SSSR count). The summed E-state index contributed by atoms with van der Waals surface area (Å²) in [5.74, 6) is 0.650. The van der Waals surface area contributed by atoms with Crippen LogP contribution in [0.5, 0.6) is 0 Å². The van der Waals surface area contributed by atoms with E-state index in [4.69, 9.17) is 16.3 Å². The van der Waals surface area contributed by atoms with Crippen LogP contribution in [0.25, 0.3) is 0 Å². The normalized spacial score (nSPS) is 31.7. The number of aliphatic hydroxyl groups is 4. The highest BCUT2D eigenvalue weighted by Gasteiger charge is 2.44. The van der Waals surface area contributed by atoms with E-state index in [2.05, 4.69) is 25.7 Å². The van der Waals surface area contributed by atoms with Gasteiger partial charge in [-0.2, -0.15) is 0 Å². The third-order valence-electron chi connectivity index (χ3n) is 8.86. The van der Waals surface area contributed by atoms with Gasteiger partial charge in [0.15, 0.2) is 0 Å². The van der Waals surface area contributed by atoms with Crippen LogP contribution >= 0.6 is 11.6 Å². The minimum atomic E-state index is -1.42. The maximum atomic E-state index is 10.5. The zero-order valence-corrected chi connectivity index (χ0v) is 22.0. The zero-order chi connectivity index (χ0) is 25.9. The number of aliphatic hydroxyl groups excluding tert-OH is 4. The predicted octanol–water partition coefficient (Wildman–Crippen LogP) is 5.21. The minimum Gasteiger partial charge on any atom is -0.394 e. The van der Waals surface area contributed by atoms with E-state index in [0.29, 0.717) is 28.3 Å². The molecule has 4 N–H and O–H groups in total. The average molecular weight is 517 g/mol. The van der Waals surface area contributed by atoms with Gasteiger partial charge in [-0.15, -0.1) is 0 Å². The minimum absolute atomic E-state index is 0.459. The Bertz CT molecular complexity index is 968. The lowest BCUT2D eigenvalue weighted by Gasteiger charge is -2.40. The van der Waals surface area contributed by atoms with Crippen molar-refractivity contribution in [3.8, 4) is 0 Å². The Morgan fingerprint density at radius 2 is 1.75 bits per heavy atom. The molecule has 2 aliphatic carbocycles. The second kappa shape index (κ2) is 11.9. The summed E-state index contributed by atoms with van der Waals surface area (Å²) in [6.45, 7) is 5.77. The number of rotatable bonds is 7. The number of ether oxygens (including phenoxy) is 1. The fourth-order valence-electron chi connectivity index (χ4n) is 6.39. The lowest BCUT2D eigenvalue weighted by molar-refractivity contribution is -0.231. The standard InChI is InChI=1S/C30H41ClO5/c1-3-20(7-6-19(2)21-10-14-30(15-11-21)12-4-5-13-30)16-23-17-22(8-9-24(23)31)29-28(35)27(34)26(33)25(18-32)36-29/h3,6-9,17,21,25-29,32-35H,1,4-5,10-16,18H2,2H3. The highest BCUT2D eigenvalue weighted by Crippen LogP contribution is 2.51. The molecular formula is C30H41ClO5. The van der Waals surface area contributed by atoms with E-state index in [1.54, 1.807) is 12.1 Å². The molecule has 1 spiro atoms. The van der Waals surface area contributed by atoms with Crippen molar-refractivity contribution in [2.45, 2.75) is 95.2 Å². The van der Waals surface area contributed by atoms with Crippen molar-refractivity contribution in [3.63, 3.8) is 0 Å². The van der Waals surface area contributed by atoms with Crippen molar-refractivity contribution in [1.29, 1.82) is 0 Å². The van der Waals surface area contributed by atoms with Gasteiger partial charge in [0, 0.05) is 5.02 Å². The van der Waals surface area contributed by atoms with Crippen LogP contribution in [-0.4, -0.2) is 51.4 Å². The molecule has 1 aromatic carbocycles. The third kappa shape index (κ3) is 5.98. The largest absolute Gasteiger partial charge is 0.394 e. The second-order valence-corrected chi connectivity index (χ2v) is 11.5. The molecule has 5 unspecified atom stereocenters. The lowest BCUT2D eigenvalue weighted by Crippen LogP contribution is -2.55. The molecule has 1 heterocycles. The van der Waals surface area contributed by atoms with Crippen LogP contribution in [0.3, 0.4) is 0 Å². The molecule has 5 atom stereocenters. The van der Waals surface area contributed by atoms with Gasteiger partial charge in [-0.3, -0.25) is 0 Å². The molecule has 2 saturated carbocycles. The Labute approximate surface area is 220 Å². The molecule has 0 radical (unpaired) electrons. The molecule has 0 aromatic heterocycles. The molecule has 0 amide bonds. The topological polar surface area (TPSA) is 90.2 Å². The summed E-state index contributed by atoms with van der Waals surface area (Å²) in [4.78, 5) is 0. The van der Waals surface area contributed by atoms with Gasteiger partial charge in [0.25, 0.3) is 0 Å². The summed E-state index contributed by atoms with van der Waals surface area (Å²) < 4.78 is 5.73. The smallest absolute Gasteiger partial charge is 0.113 e. The molecule has 3 aliphatic rings. The number of hydrogen-bond donors (Lipinski definition) is 4. The van der Waals surface area contributed by atoms with Gasteiger partial charge in [-0.05, 0) is 86.0 Å². The van der Waals surface area contributed by atoms with Gasteiger partial charge >= 0.3 is 0 Å². The van der Waals surface area contributed by atoms with Crippen molar-refractivity contribution in [1.82, 2.24) is 0 Å². The van der Waals surface area contributed by atoms with Gasteiger partial charge in [-0.25, -0.2) is 0 Å². The number of halogens is 1. The molecule has 198 valence electrons. The average Bonchev–Trinajstić information content (AvgIpc) is 3.34. The van der Waals surface area contributed by atoms with Crippen molar-refractivity contribution in [2.24, 2.45) is 11.3 Å². The maximum Gasteiger partial charge on any atom is 0.113 e. The van der Waals surface area contributed by atoms with E-state index in [1.165, 1.54) is 56.9 Å². The summed E-state index contributed by atoms with van der Waals surface area (Å²) in [5, 5.41) is 40.9. The SMILES string of the molecule is C=CC(=CC=C(C)C1CCC2(CCCC2)CC1)Cc1cc(C2OC(CO)C(O)C(O)C2O)ccc1Cl. The Balaban J connectivity index is 1.45. The predicted molar refractivity (Wildman–Crippen MR) is 143 cm³/mol. The Morgan fingerprint density at radius 1 is 1.06 bits per heavy atom. The first-order valence-corrected chi connectivity index (χ1v) is 13.7. The van der Waals surface area contributed by atoms with Crippen molar-refractivity contribution >= 4 is 11.6 Å². The fraction of sp³-hybridized carbons (Fsp3) is 0.600. The molecule has 1 aromatic rings. The Hall–Kier alpha value is -1.47. The lowest BCUT2D eigenvalue weighted by atomic mass is 9.68. The van der Waals surface area contributed by atoms with E-state index >= 15 is 0 Å². The van der Waals surface area contributed by atoms with Crippen LogP contribution in [0, 0.1) is 11.3 Å². The monoisotopic (exact) mass is 516 g/mol. The van der Waals surface area contributed by atoms with Crippen molar-refractivity contribution in [3.05, 3.63) is 70.3 Å². The third-order valence-corrected chi connectivity index (χ3v) is 9.23. The number of hydrogen-bond acceptors (Lipinski definition) is 5. The van der Waals surface area contributed by atoms with E-state index in [9.17, 15) is 20.4 Å². The van der Waals surface area contributed by atoms with E-state index < -0.39 is 37.1 Å². The molecule has 5 nitrogen and oxygen atoms in total. The summed E-state index contributed by atoms with van der Waals surface area (Å²) in [5.41, 5.74) is 4.57. The molecule has 0 bridgehead atoms. The molecule has 1 saturated heterocycles. The van der Waals surface area contributed by atoms with Gasteiger partial charge < -0.3 is 25.2 Å². The molecule has 3 fully saturated rings. The summed E-state index contributed by atoms with van der Waals surface area (Å²) >= 11 is 6.51. The van der Waals surface area contributed by atoms with Gasteiger partial charge in [0.05, 0.1) is 6.61 Å². The highest BCUT2D eigenvalue weighted by molar-refractivity contribution is 6.31.